The predicted molar refractivity (Wildman–Crippen MR) is 47.0 cm³/mol. The van der Waals surface area contributed by atoms with Gasteiger partial charge in [0.25, 0.3) is 0 Å². The fourth-order valence-corrected chi connectivity index (χ4v) is 4.91. The van der Waals surface area contributed by atoms with Gasteiger partial charge in [0.15, 0.2) is 8.32 Å². The van der Waals surface area contributed by atoms with Gasteiger partial charge in [-0.2, -0.15) is 0 Å². The first kappa shape index (κ1) is 8.94. The minimum atomic E-state index is -1.48. The Balaban J connectivity index is 2.63. The van der Waals surface area contributed by atoms with Crippen LogP contribution in [0.15, 0.2) is 0 Å². The fraction of sp³-hybridized carbons (Fsp3) is 0.875. The molecule has 0 radical (unpaired) electrons. The topological polar surface area (TPSA) is 26.3 Å². The van der Waals surface area contributed by atoms with Crippen molar-refractivity contribution in [2.75, 3.05) is 6.61 Å². The molecule has 0 aromatic rings. The lowest BCUT2D eigenvalue weighted by atomic mass is 10.1. The summed E-state index contributed by atoms with van der Waals surface area (Å²) < 4.78 is 5.70. The summed E-state index contributed by atoms with van der Waals surface area (Å²) in [5.41, 5.74) is 0.542. The number of aldehydes is 1. The monoisotopic (exact) mass is 172 g/mol. The molecule has 0 aromatic heterocycles. The lowest BCUT2D eigenvalue weighted by Crippen LogP contribution is -2.31. The Kier molecular flexibility index (Phi) is 2.49. The third-order valence-electron chi connectivity index (χ3n) is 2.65. The zero-order chi connectivity index (χ0) is 8.48. The van der Waals surface area contributed by atoms with Gasteiger partial charge in [-0.25, -0.2) is 0 Å². The van der Waals surface area contributed by atoms with E-state index in [4.69, 9.17) is 4.43 Å². The van der Waals surface area contributed by atoms with Crippen molar-refractivity contribution < 1.29 is 9.22 Å². The third-order valence-corrected chi connectivity index (χ3v) is 6.15. The maximum atomic E-state index is 10.4. The van der Waals surface area contributed by atoms with Gasteiger partial charge in [-0.1, -0.05) is 6.92 Å². The molecular formula is C8H16O2Si. The van der Waals surface area contributed by atoms with Gasteiger partial charge in [-0.15, -0.1) is 0 Å². The van der Waals surface area contributed by atoms with Crippen LogP contribution in [0.1, 0.15) is 13.3 Å². The molecule has 0 aliphatic carbocycles. The molecule has 1 saturated heterocycles. The van der Waals surface area contributed by atoms with Crippen LogP contribution in [0.2, 0.25) is 18.6 Å². The Bertz CT molecular complexity index is 156. The molecule has 0 N–H and O–H groups in total. The highest BCUT2D eigenvalue weighted by Gasteiger charge is 2.42. The predicted octanol–water partition coefficient (Wildman–Crippen LogP) is 1.82. The van der Waals surface area contributed by atoms with Crippen molar-refractivity contribution >= 4 is 14.6 Å². The first-order chi connectivity index (χ1) is 5.08. The van der Waals surface area contributed by atoms with E-state index in [1.807, 2.05) is 0 Å². The van der Waals surface area contributed by atoms with Crippen molar-refractivity contribution in [3.8, 4) is 0 Å². The van der Waals surface area contributed by atoms with Gasteiger partial charge in [0.2, 0.25) is 0 Å². The van der Waals surface area contributed by atoms with Crippen LogP contribution >= 0.6 is 0 Å². The van der Waals surface area contributed by atoms with E-state index in [9.17, 15) is 4.79 Å². The Morgan fingerprint density at radius 3 is 2.64 bits per heavy atom. The number of hydrogen-bond acceptors (Lipinski definition) is 2. The maximum absolute atomic E-state index is 10.4. The van der Waals surface area contributed by atoms with Crippen LogP contribution in [0.5, 0.6) is 0 Å². The standard InChI is InChI=1S/C8H16O2Si/c1-7-6-10-11(2,3)8(7)4-5-9/h5,7-8H,4,6H2,1-3H3/t7-,8+/m0/s1. The molecule has 1 aliphatic heterocycles. The molecule has 0 unspecified atom stereocenters. The largest absolute Gasteiger partial charge is 0.417 e. The van der Waals surface area contributed by atoms with E-state index in [1.165, 1.54) is 0 Å². The van der Waals surface area contributed by atoms with Crippen molar-refractivity contribution in [3.63, 3.8) is 0 Å². The van der Waals surface area contributed by atoms with E-state index in [1.54, 1.807) is 0 Å². The summed E-state index contributed by atoms with van der Waals surface area (Å²) >= 11 is 0. The number of carbonyl (C=O) groups is 1. The van der Waals surface area contributed by atoms with Crippen LogP contribution in [0.4, 0.5) is 0 Å². The van der Waals surface area contributed by atoms with Gasteiger partial charge in [0, 0.05) is 13.0 Å². The van der Waals surface area contributed by atoms with E-state index < -0.39 is 8.32 Å². The summed E-state index contributed by atoms with van der Waals surface area (Å²) in [4.78, 5) is 10.4. The molecule has 2 atom stereocenters. The number of hydrogen-bond donors (Lipinski definition) is 0. The van der Waals surface area contributed by atoms with Crippen molar-refractivity contribution in [1.82, 2.24) is 0 Å². The molecule has 1 rings (SSSR count). The average Bonchev–Trinajstić information content (AvgIpc) is 2.16. The van der Waals surface area contributed by atoms with Gasteiger partial charge in [-0.3, -0.25) is 0 Å². The van der Waals surface area contributed by atoms with Crippen molar-refractivity contribution in [1.29, 1.82) is 0 Å². The molecule has 0 spiro atoms. The average molecular weight is 172 g/mol. The maximum Gasteiger partial charge on any atom is 0.190 e. The lowest BCUT2D eigenvalue weighted by Gasteiger charge is -2.22. The molecule has 0 amide bonds. The summed E-state index contributed by atoms with van der Waals surface area (Å²) in [5, 5.41) is 0. The van der Waals surface area contributed by atoms with E-state index in [2.05, 4.69) is 20.0 Å². The summed E-state index contributed by atoms with van der Waals surface area (Å²) in [6.45, 7) is 7.43. The second-order valence-corrected chi connectivity index (χ2v) is 8.14. The first-order valence-corrected chi connectivity index (χ1v) is 7.14. The van der Waals surface area contributed by atoms with Gasteiger partial charge in [0.1, 0.15) is 6.29 Å². The van der Waals surface area contributed by atoms with E-state index in [-0.39, 0.29) is 0 Å². The minimum Gasteiger partial charge on any atom is -0.417 e. The van der Waals surface area contributed by atoms with Crippen LogP contribution in [-0.4, -0.2) is 21.2 Å². The fourth-order valence-electron chi connectivity index (χ4n) is 1.87. The van der Waals surface area contributed by atoms with Crippen LogP contribution < -0.4 is 0 Å². The lowest BCUT2D eigenvalue weighted by molar-refractivity contribution is -0.108. The normalized spacial score (nSPS) is 35.5. The molecule has 0 saturated carbocycles. The van der Waals surface area contributed by atoms with Gasteiger partial charge >= 0.3 is 0 Å². The quantitative estimate of drug-likeness (QED) is 0.469. The molecular weight excluding hydrogens is 156 g/mol. The molecule has 2 nitrogen and oxygen atoms in total. The van der Waals surface area contributed by atoms with E-state index in [0.717, 1.165) is 12.9 Å². The summed E-state index contributed by atoms with van der Waals surface area (Å²) in [5.74, 6) is 0.585. The Morgan fingerprint density at radius 1 is 1.64 bits per heavy atom. The summed E-state index contributed by atoms with van der Waals surface area (Å²) in [7, 11) is -1.48. The smallest absolute Gasteiger partial charge is 0.190 e. The first-order valence-electron chi connectivity index (χ1n) is 4.15. The highest BCUT2D eigenvalue weighted by atomic mass is 28.4. The second-order valence-electron chi connectivity index (χ2n) is 3.90. The number of carbonyl (C=O) groups excluding carboxylic acids is 1. The Morgan fingerprint density at radius 2 is 2.27 bits per heavy atom. The zero-order valence-electron chi connectivity index (χ0n) is 7.46. The molecule has 11 heavy (non-hydrogen) atoms. The van der Waals surface area contributed by atoms with E-state index >= 15 is 0 Å². The summed E-state index contributed by atoms with van der Waals surface area (Å²) in [6.07, 6.45) is 1.73. The third kappa shape index (κ3) is 1.71. The van der Waals surface area contributed by atoms with Crippen LogP contribution in [0.3, 0.4) is 0 Å². The van der Waals surface area contributed by atoms with E-state index in [0.29, 0.717) is 17.9 Å². The molecule has 1 fully saturated rings. The molecule has 0 aromatic carbocycles. The second kappa shape index (κ2) is 3.07. The van der Waals surface area contributed by atoms with Gasteiger partial charge in [-0.05, 0) is 24.6 Å². The Labute approximate surface area is 69.1 Å². The van der Waals surface area contributed by atoms with Crippen LogP contribution in [-0.2, 0) is 9.22 Å². The van der Waals surface area contributed by atoms with Crippen LogP contribution in [0.25, 0.3) is 0 Å². The van der Waals surface area contributed by atoms with Crippen molar-refractivity contribution in [3.05, 3.63) is 0 Å². The van der Waals surface area contributed by atoms with Crippen LogP contribution in [0, 0.1) is 5.92 Å². The summed E-state index contributed by atoms with van der Waals surface area (Å²) in [6, 6.07) is 0. The SMILES string of the molecule is C[C@H]1CO[Si](C)(C)[C@@H]1CC=O. The minimum absolute atomic E-state index is 0.542. The van der Waals surface area contributed by atoms with Crippen molar-refractivity contribution in [2.45, 2.75) is 32.0 Å². The highest BCUT2D eigenvalue weighted by molar-refractivity contribution is 6.73. The molecule has 0 bridgehead atoms. The van der Waals surface area contributed by atoms with Gasteiger partial charge < -0.3 is 9.22 Å². The van der Waals surface area contributed by atoms with Gasteiger partial charge in [0.05, 0.1) is 0 Å². The molecule has 3 heteroatoms. The molecule has 1 heterocycles. The highest BCUT2D eigenvalue weighted by Crippen LogP contribution is 2.39. The number of rotatable bonds is 2. The molecule has 1 aliphatic rings. The van der Waals surface area contributed by atoms with Crippen molar-refractivity contribution in [2.24, 2.45) is 5.92 Å². The molecule has 64 valence electrons. The zero-order valence-corrected chi connectivity index (χ0v) is 8.46. The Hall–Kier alpha value is -0.153.